The van der Waals surface area contributed by atoms with E-state index in [1.54, 1.807) is 26.4 Å². The molecule has 0 radical (unpaired) electrons. The van der Waals surface area contributed by atoms with Crippen LogP contribution in [0.2, 0.25) is 0 Å². The Labute approximate surface area is 145 Å². The number of aliphatic carboxylic acids is 1. The summed E-state index contributed by atoms with van der Waals surface area (Å²) in [6, 6.07) is 12.8. The van der Waals surface area contributed by atoms with Gasteiger partial charge in [0.15, 0.2) is 0 Å². The summed E-state index contributed by atoms with van der Waals surface area (Å²) in [5.41, 5.74) is 2.35. The minimum atomic E-state index is -0.922. The summed E-state index contributed by atoms with van der Waals surface area (Å²) in [7, 11) is 3.19. The third kappa shape index (κ3) is 3.57. The van der Waals surface area contributed by atoms with Crippen molar-refractivity contribution in [2.75, 3.05) is 19.5 Å². The maximum atomic E-state index is 12.2. The Hall–Kier alpha value is -3.02. The van der Waals surface area contributed by atoms with E-state index in [1.807, 2.05) is 30.3 Å². The molecule has 0 bridgehead atoms. The zero-order chi connectivity index (χ0) is 18.0. The lowest BCUT2D eigenvalue weighted by Gasteiger charge is -2.12. The molecule has 1 aliphatic rings. The van der Waals surface area contributed by atoms with E-state index in [-0.39, 0.29) is 5.91 Å². The smallest absolute Gasteiger partial charge is 0.307 e. The summed E-state index contributed by atoms with van der Waals surface area (Å²) in [6.45, 7) is 0. The fraction of sp³-hybridized carbons (Fsp3) is 0.263. The quantitative estimate of drug-likeness (QED) is 0.843. The van der Waals surface area contributed by atoms with E-state index in [9.17, 15) is 9.59 Å². The van der Waals surface area contributed by atoms with Crippen LogP contribution < -0.4 is 14.8 Å². The first kappa shape index (κ1) is 16.8. The van der Waals surface area contributed by atoms with Gasteiger partial charge in [-0.3, -0.25) is 9.59 Å². The normalized spacial score (nSPS) is 18.3. The Kier molecular flexibility index (Phi) is 4.61. The molecule has 3 rings (SSSR count). The van der Waals surface area contributed by atoms with E-state index in [0.29, 0.717) is 17.9 Å². The number of carboxylic acid groups (broad SMARTS) is 1. The van der Waals surface area contributed by atoms with Crippen molar-refractivity contribution in [3.63, 3.8) is 0 Å². The van der Waals surface area contributed by atoms with Crippen molar-refractivity contribution in [2.45, 2.75) is 6.42 Å². The number of rotatable bonds is 6. The molecule has 130 valence electrons. The van der Waals surface area contributed by atoms with Crippen molar-refractivity contribution in [1.82, 2.24) is 0 Å². The fourth-order valence-corrected chi connectivity index (χ4v) is 2.77. The zero-order valence-corrected chi connectivity index (χ0v) is 14.0. The molecule has 2 aromatic carbocycles. The highest BCUT2D eigenvalue weighted by Crippen LogP contribution is 2.40. The number of amides is 1. The summed E-state index contributed by atoms with van der Waals surface area (Å²) < 4.78 is 10.6. The molecule has 6 nitrogen and oxygen atoms in total. The first-order chi connectivity index (χ1) is 12.0. The third-order valence-electron chi connectivity index (χ3n) is 4.31. The van der Waals surface area contributed by atoms with Gasteiger partial charge in [0.1, 0.15) is 11.5 Å². The van der Waals surface area contributed by atoms with Crippen LogP contribution in [0.5, 0.6) is 11.5 Å². The van der Waals surface area contributed by atoms with Crippen LogP contribution >= 0.6 is 0 Å². The molecule has 25 heavy (non-hydrogen) atoms. The van der Waals surface area contributed by atoms with Crippen LogP contribution in [0.4, 0.5) is 5.69 Å². The molecule has 2 aromatic rings. The molecule has 0 saturated heterocycles. The number of hydrogen-bond acceptors (Lipinski definition) is 4. The van der Waals surface area contributed by atoms with E-state index in [1.165, 1.54) is 0 Å². The van der Waals surface area contributed by atoms with Crippen molar-refractivity contribution in [3.05, 3.63) is 42.5 Å². The molecule has 0 spiro atoms. The minimum absolute atomic E-state index is 0.266. The van der Waals surface area contributed by atoms with Crippen molar-refractivity contribution >= 4 is 17.6 Å². The van der Waals surface area contributed by atoms with Gasteiger partial charge in [-0.1, -0.05) is 12.1 Å². The molecule has 2 atom stereocenters. The molecule has 0 heterocycles. The molecule has 1 fully saturated rings. The molecule has 0 aliphatic heterocycles. The molecule has 1 amide bonds. The highest BCUT2D eigenvalue weighted by Gasteiger charge is 2.48. The molecule has 6 heteroatoms. The summed E-state index contributed by atoms with van der Waals surface area (Å²) in [5.74, 6) is -0.783. The number of benzene rings is 2. The Morgan fingerprint density at radius 3 is 2.32 bits per heavy atom. The van der Waals surface area contributed by atoms with E-state index < -0.39 is 17.8 Å². The van der Waals surface area contributed by atoms with Crippen molar-refractivity contribution in [3.8, 4) is 22.6 Å². The molecular formula is C19H19NO5. The number of carbonyl (C=O) groups excluding carboxylic acids is 1. The maximum Gasteiger partial charge on any atom is 0.307 e. The zero-order valence-electron chi connectivity index (χ0n) is 14.0. The highest BCUT2D eigenvalue weighted by atomic mass is 16.5. The number of methoxy groups -OCH3 is 2. The Bertz CT molecular complexity index is 800. The maximum absolute atomic E-state index is 12.2. The van der Waals surface area contributed by atoms with Crippen LogP contribution in [0, 0.1) is 11.8 Å². The lowest BCUT2D eigenvalue weighted by molar-refractivity contribution is -0.139. The fourth-order valence-electron chi connectivity index (χ4n) is 2.77. The van der Waals surface area contributed by atoms with Crippen molar-refractivity contribution < 1.29 is 24.2 Å². The summed E-state index contributed by atoms with van der Waals surface area (Å²) in [5, 5.41) is 11.7. The SMILES string of the molecule is COc1ccc(-c2cc(NC(=O)[C@@H]3C[C@H]3C(=O)O)ccc2OC)cc1. The molecule has 1 saturated carbocycles. The number of hydrogen-bond donors (Lipinski definition) is 2. The van der Waals surface area contributed by atoms with Gasteiger partial charge >= 0.3 is 5.97 Å². The molecule has 1 aliphatic carbocycles. The third-order valence-corrected chi connectivity index (χ3v) is 4.31. The van der Waals surface area contributed by atoms with Crippen LogP contribution in [0.3, 0.4) is 0 Å². The molecule has 0 unspecified atom stereocenters. The minimum Gasteiger partial charge on any atom is -0.497 e. The molecular weight excluding hydrogens is 322 g/mol. The summed E-state index contributed by atoms with van der Waals surface area (Å²) >= 11 is 0. The first-order valence-corrected chi connectivity index (χ1v) is 7.89. The second-order valence-electron chi connectivity index (χ2n) is 5.92. The Balaban J connectivity index is 1.82. The lowest BCUT2D eigenvalue weighted by atomic mass is 10.0. The standard InChI is InChI=1S/C19H19NO5/c1-24-13-6-3-11(4-7-13)14-9-12(5-8-17(14)25-2)20-18(21)15-10-16(15)19(22)23/h3-9,15-16H,10H2,1-2H3,(H,20,21)(H,22,23)/t15-,16-/m1/s1. The van der Waals surface area contributed by atoms with Gasteiger partial charge in [-0.2, -0.15) is 0 Å². The van der Waals surface area contributed by atoms with Crippen molar-refractivity contribution in [1.29, 1.82) is 0 Å². The average molecular weight is 341 g/mol. The van der Waals surface area contributed by atoms with Gasteiger partial charge in [-0.05, 0) is 42.3 Å². The molecule has 2 N–H and O–H groups in total. The number of anilines is 1. The van der Waals surface area contributed by atoms with Gasteiger partial charge < -0.3 is 19.9 Å². The number of carbonyl (C=O) groups is 2. The van der Waals surface area contributed by atoms with Crippen LogP contribution in [0.1, 0.15) is 6.42 Å². The van der Waals surface area contributed by atoms with Gasteiger partial charge in [0.2, 0.25) is 5.91 Å². The van der Waals surface area contributed by atoms with E-state index >= 15 is 0 Å². The van der Waals surface area contributed by atoms with E-state index in [2.05, 4.69) is 5.32 Å². The second-order valence-corrected chi connectivity index (χ2v) is 5.92. The Morgan fingerprint density at radius 2 is 1.76 bits per heavy atom. The van der Waals surface area contributed by atoms with Crippen LogP contribution in [-0.2, 0) is 9.59 Å². The first-order valence-electron chi connectivity index (χ1n) is 7.89. The van der Waals surface area contributed by atoms with E-state index in [0.717, 1.165) is 16.9 Å². The highest BCUT2D eigenvalue weighted by molar-refractivity contribution is 5.98. The second kappa shape index (κ2) is 6.84. The lowest BCUT2D eigenvalue weighted by Crippen LogP contribution is -2.16. The van der Waals surface area contributed by atoms with Gasteiger partial charge in [0.25, 0.3) is 0 Å². The molecule has 0 aromatic heterocycles. The van der Waals surface area contributed by atoms with Gasteiger partial charge in [-0.25, -0.2) is 0 Å². The van der Waals surface area contributed by atoms with Gasteiger partial charge in [0, 0.05) is 11.3 Å². The van der Waals surface area contributed by atoms with Gasteiger partial charge in [0.05, 0.1) is 26.1 Å². The number of nitrogens with one attached hydrogen (secondary N) is 1. The topological polar surface area (TPSA) is 84.9 Å². The predicted octanol–water partition coefficient (Wildman–Crippen LogP) is 3.03. The van der Waals surface area contributed by atoms with Crippen LogP contribution in [-0.4, -0.2) is 31.2 Å². The Morgan fingerprint density at radius 1 is 1.04 bits per heavy atom. The largest absolute Gasteiger partial charge is 0.497 e. The van der Waals surface area contributed by atoms with Crippen LogP contribution in [0.15, 0.2) is 42.5 Å². The number of carboxylic acids is 1. The number of ether oxygens (including phenoxy) is 2. The van der Waals surface area contributed by atoms with E-state index in [4.69, 9.17) is 14.6 Å². The summed E-state index contributed by atoms with van der Waals surface area (Å²) in [4.78, 5) is 23.1. The average Bonchev–Trinajstić information content (AvgIpc) is 3.43. The van der Waals surface area contributed by atoms with Crippen LogP contribution in [0.25, 0.3) is 11.1 Å². The van der Waals surface area contributed by atoms with Crippen molar-refractivity contribution in [2.24, 2.45) is 11.8 Å². The summed E-state index contributed by atoms with van der Waals surface area (Å²) in [6.07, 6.45) is 0.392. The van der Waals surface area contributed by atoms with Gasteiger partial charge in [-0.15, -0.1) is 0 Å². The predicted molar refractivity (Wildman–Crippen MR) is 92.8 cm³/mol. The monoisotopic (exact) mass is 341 g/mol.